The van der Waals surface area contributed by atoms with Gasteiger partial charge in [0.05, 0.1) is 11.4 Å². The number of aromatic nitrogens is 2. The lowest BCUT2D eigenvalue weighted by Gasteiger charge is -2.16. The number of amides is 1. The Balaban J connectivity index is 1.43. The third-order valence-electron chi connectivity index (χ3n) is 4.92. The Labute approximate surface area is 167 Å². The molecular weight excluding hydrogens is 374 g/mol. The molecule has 2 heterocycles. The highest BCUT2D eigenvalue weighted by Gasteiger charge is 2.23. The number of nitrogens with zero attached hydrogens (tertiary/aromatic N) is 2. The van der Waals surface area contributed by atoms with Gasteiger partial charge in [-0.15, -0.1) is 11.3 Å². The second-order valence-electron chi connectivity index (χ2n) is 6.93. The van der Waals surface area contributed by atoms with Gasteiger partial charge in [-0.05, 0) is 43.7 Å². The zero-order valence-corrected chi connectivity index (χ0v) is 16.4. The molecule has 28 heavy (non-hydrogen) atoms. The summed E-state index contributed by atoms with van der Waals surface area (Å²) < 4.78 is 5.73. The van der Waals surface area contributed by atoms with Gasteiger partial charge in [0.2, 0.25) is 5.88 Å². The van der Waals surface area contributed by atoms with Crippen molar-refractivity contribution in [2.45, 2.75) is 38.6 Å². The van der Waals surface area contributed by atoms with Crippen LogP contribution >= 0.6 is 11.3 Å². The number of aryl methyl sites for hydroxylation is 2. The van der Waals surface area contributed by atoms with Crippen molar-refractivity contribution in [3.05, 3.63) is 52.7 Å². The van der Waals surface area contributed by atoms with Crippen molar-refractivity contribution in [1.29, 1.82) is 0 Å². The second-order valence-corrected chi connectivity index (χ2v) is 8.01. The zero-order valence-electron chi connectivity index (χ0n) is 15.6. The fourth-order valence-corrected chi connectivity index (χ4v) is 4.74. The quantitative estimate of drug-likeness (QED) is 0.665. The van der Waals surface area contributed by atoms with E-state index in [1.54, 1.807) is 11.3 Å². The summed E-state index contributed by atoms with van der Waals surface area (Å²) in [5.41, 5.74) is 2.25. The van der Waals surface area contributed by atoms with E-state index in [0.717, 1.165) is 35.0 Å². The summed E-state index contributed by atoms with van der Waals surface area (Å²) in [6, 6.07) is 9.05. The summed E-state index contributed by atoms with van der Waals surface area (Å²) in [6.07, 6.45) is 5.11. The van der Waals surface area contributed by atoms with Crippen molar-refractivity contribution >= 4 is 33.2 Å². The van der Waals surface area contributed by atoms with E-state index in [9.17, 15) is 9.59 Å². The Morgan fingerprint density at radius 2 is 2.04 bits per heavy atom. The minimum absolute atomic E-state index is 0.0858. The molecule has 1 atom stereocenters. The molecule has 1 aromatic carbocycles. The highest BCUT2D eigenvalue weighted by Crippen LogP contribution is 2.39. The lowest BCUT2D eigenvalue weighted by atomic mass is 10.0. The number of carbonyl (C=O) groups is 2. The van der Waals surface area contributed by atoms with Gasteiger partial charge in [0.1, 0.15) is 11.2 Å². The van der Waals surface area contributed by atoms with Gasteiger partial charge in [0.25, 0.3) is 5.91 Å². The number of carbonyl (C=O) groups excluding carboxylic acids is 2. The molecule has 7 heteroatoms. The zero-order chi connectivity index (χ0) is 19.5. The SMILES string of the molecule is CC(=O)[C@@H](Cc1ccccc1)NC(=O)COc1ncnc2sc3c(c12)CCC3. The van der Waals surface area contributed by atoms with E-state index in [0.29, 0.717) is 12.3 Å². The standard InChI is InChI=1S/C21H21N3O3S/c1-13(25)16(10-14-6-3-2-4-7-14)24-18(26)11-27-20-19-15-8-5-9-17(15)28-21(19)23-12-22-20/h2-4,6-7,12,16H,5,8-11H2,1H3,(H,24,26)/t16-/m1/s1. The first-order valence-corrected chi connectivity index (χ1v) is 10.1. The predicted molar refractivity (Wildman–Crippen MR) is 108 cm³/mol. The first-order chi connectivity index (χ1) is 13.6. The molecule has 1 aliphatic carbocycles. The van der Waals surface area contributed by atoms with Gasteiger partial charge in [0.15, 0.2) is 12.4 Å². The smallest absolute Gasteiger partial charge is 0.258 e. The van der Waals surface area contributed by atoms with Crippen LogP contribution in [0.5, 0.6) is 5.88 Å². The molecule has 0 unspecified atom stereocenters. The molecule has 0 spiro atoms. The molecular formula is C21H21N3O3S. The van der Waals surface area contributed by atoms with Crippen LogP contribution in [0.3, 0.4) is 0 Å². The number of thiophene rings is 1. The Kier molecular flexibility index (Phi) is 5.34. The molecule has 0 saturated heterocycles. The first-order valence-electron chi connectivity index (χ1n) is 9.33. The average molecular weight is 395 g/mol. The number of hydrogen-bond donors (Lipinski definition) is 1. The number of ether oxygens (including phenoxy) is 1. The van der Waals surface area contributed by atoms with Crippen molar-refractivity contribution in [3.63, 3.8) is 0 Å². The maximum absolute atomic E-state index is 12.4. The minimum Gasteiger partial charge on any atom is -0.467 e. The van der Waals surface area contributed by atoms with Crippen molar-refractivity contribution in [1.82, 2.24) is 15.3 Å². The molecule has 0 bridgehead atoms. The lowest BCUT2D eigenvalue weighted by molar-refractivity contribution is -0.128. The van der Waals surface area contributed by atoms with Crippen molar-refractivity contribution in [2.75, 3.05) is 6.61 Å². The van der Waals surface area contributed by atoms with Crippen LogP contribution in [0.4, 0.5) is 0 Å². The average Bonchev–Trinajstić information content (AvgIpc) is 3.27. The molecule has 144 valence electrons. The summed E-state index contributed by atoms with van der Waals surface area (Å²) in [5.74, 6) is 0.0223. The first kappa shape index (κ1) is 18.6. The third-order valence-corrected chi connectivity index (χ3v) is 6.11. The topological polar surface area (TPSA) is 81.2 Å². The molecule has 0 aliphatic heterocycles. The number of benzene rings is 1. The Hall–Kier alpha value is -2.80. The van der Waals surface area contributed by atoms with Crippen molar-refractivity contribution < 1.29 is 14.3 Å². The Morgan fingerprint density at radius 3 is 2.82 bits per heavy atom. The lowest BCUT2D eigenvalue weighted by Crippen LogP contribution is -2.43. The number of fused-ring (bicyclic) bond motifs is 3. The van der Waals surface area contributed by atoms with Gasteiger partial charge in [-0.3, -0.25) is 9.59 Å². The van der Waals surface area contributed by atoms with Crippen LogP contribution in [0.1, 0.15) is 29.3 Å². The normalized spacial score (nSPS) is 13.9. The van der Waals surface area contributed by atoms with Gasteiger partial charge in [0, 0.05) is 4.88 Å². The number of hydrogen-bond acceptors (Lipinski definition) is 6. The minimum atomic E-state index is -0.575. The van der Waals surface area contributed by atoms with Crippen LogP contribution in [0.2, 0.25) is 0 Å². The van der Waals surface area contributed by atoms with Crippen LogP contribution in [0.15, 0.2) is 36.7 Å². The predicted octanol–water partition coefficient (Wildman–Crippen LogP) is 2.88. The van der Waals surface area contributed by atoms with E-state index >= 15 is 0 Å². The van der Waals surface area contributed by atoms with Gasteiger partial charge in [-0.25, -0.2) is 9.97 Å². The van der Waals surface area contributed by atoms with Crippen LogP contribution in [-0.2, 0) is 28.9 Å². The molecule has 6 nitrogen and oxygen atoms in total. The number of Topliss-reactive ketones (excluding diaryl/α,β-unsaturated/α-hetero) is 1. The molecule has 4 rings (SSSR count). The van der Waals surface area contributed by atoms with Crippen LogP contribution < -0.4 is 10.1 Å². The molecule has 0 fully saturated rings. The van der Waals surface area contributed by atoms with E-state index in [1.807, 2.05) is 30.3 Å². The molecule has 2 aromatic heterocycles. The summed E-state index contributed by atoms with van der Waals surface area (Å²) >= 11 is 1.67. The molecule has 0 saturated carbocycles. The molecule has 1 amide bonds. The summed E-state index contributed by atoms with van der Waals surface area (Å²) in [5, 5.41) is 3.71. The highest BCUT2D eigenvalue weighted by molar-refractivity contribution is 7.18. The van der Waals surface area contributed by atoms with Crippen LogP contribution in [0.25, 0.3) is 10.2 Å². The molecule has 3 aromatic rings. The van der Waals surface area contributed by atoms with E-state index in [-0.39, 0.29) is 18.3 Å². The fourth-order valence-electron chi connectivity index (χ4n) is 3.53. The Bertz CT molecular complexity index is 1020. The third kappa shape index (κ3) is 3.89. The van der Waals surface area contributed by atoms with Crippen molar-refractivity contribution in [2.24, 2.45) is 0 Å². The van der Waals surface area contributed by atoms with Crippen LogP contribution in [-0.4, -0.2) is 34.3 Å². The number of ketones is 1. The van der Waals surface area contributed by atoms with Gasteiger partial charge in [-0.1, -0.05) is 30.3 Å². The van der Waals surface area contributed by atoms with Crippen LogP contribution in [0, 0.1) is 0 Å². The van der Waals surface area contributed by atoms with E-state index in [2.05, 4.69) is 15.3 Å². The summed E-state index contributed by atoms with van der Waals surface area (Å²) in [4.78, 5) is 35.2. The monoisotopic (exact) mass is 395 g/mol. The Morgan fingerprint density at radius 1 is 1.21 bits per heavy atom. The highest BCUT2D eigenvalue weighted by atomic mass is 32.1. The van der Waals surface area contributed by atoms with E-state index in [1.165, 1.54) is 23.7 Å². The maximum Gasteiger partial charge on any atom is 0.258 e. The fraction of sp³-hybridized carbons (Fsp3) is 0.333. The van der Waals surface area contributed by atoms with E-state index < -0.39 is 6.04 Å². The largest absolute Gasteiger partial charge is 0.467 e. The van der Waals surface area contributed by atoms with E-state index in [4.69, 9.17) is 4.74 Å². The summed E-state index contributed by atoms with van der Waals surface area (Å²) in [6.45, 7) is 1.30. The van der Waals surface area contributed by atoms with Crippen molar-refractivity contribution in [3.8, 4) is 5.88 Å². The van der Waals surface area contributed by atoms with Gasteiger partial charge >= 0.3 is 0 Å². The number of nitrogens with one attached hydrogen (secondary N) is 1. The number of rotatable bonds is 7. The summed E-state index contributed by atoms with van der Waals surface area (Å²) in [7, 11) is 0. The molecule has 1 aliphatic rings. The maximum atomic E-state index is 12.4. The van der Waals surface area contributed by atoms with Gasteiger partial charge < -0.3 is 10.1 Å². The molecule has 1 N–H and O–H groups in total. The second kappa shape index (κ2) is 8.06. The van der Waals surface area contributed by atoms with Gasteiger partial charge in [-0.2, -0.15) is 0 Å². The molecule has 0 radical (unpaired) electrons.